The quantitative estimate of drug-likeness (QED) is 0.703. The van der Waals surface area contributed by atoms with Crippen LogP contribution in [-0.4, -0.2) is 43.2 Å². The summed E-state index contributed by atoms with van der Waals surface area (Å²) >= 11 is 0. The van der Waals surface area contributed by atoms with E-state index >= 15 is 0 Å². The summed E-state index contributed by atoms with van der Waals surface area (Å²) < 4.78 is 4.95. The van der Waals surface area contributed by atoms with Gasteiger partial charge < -0.3 is 15.4 Å². The van der Waals surface area contributed by atoms with Gasteiger partial charge in [0, 0.05) is 20.2 Å². The number of ether oxygens (including phenoxy) is 1. The van der Waals surface area contributed by atoms with E-state index in [4.69, 9.17) is 15.7 Å². The molecule has 5 nitrogen and oxygen atoms in total. The minimum Gasteiger partial charge on any atom is -0.383 e. The Morgan fingerprint density at radius 3 is 2.69 bits per heavy atom. The Bertz CT molecular complexity index is 281. The van der Waals surface area contributed by atoms with E-state index in [1.165, 1.54) is 0 Å². The predicted octanol–water partition coefficient (Wildman–Crippen LogP) is 0.256. The first-order valence-corrected chi connectivity index (χ1v) is 5.58. The molecule has 1 saturated carbocycles. The first-order valence-electron chi connectivity index (χ1n) is 5.58. The van der Waals surface area contributed by atoms with E-state index in [1.807, 2.05) is 6.07 Å². The van der Waals surface area contributed by atoms with Crippen molar-refractivity contribution >= 4 is 5.91 Å². The van der Waals surface area contributed by atoms with E-state index in [0.717, 1.165) is 19.3 Å². The fraction of sp³-hybridized carbons (Fsp3) is 0.818. The lowest BCUT2D eigenvalue weighted by Crippen LogP contribution is -2.60. The molecule has 2 N–H and O–H groups in total. The van der Waals surface area contributed by atoms with Gasteiger partial charge in [0.1, 0.15) is 0 Å². The lowest BCUT2D eigenvalue weighted by atomic mass is 9.76. The highest BCUT2D eigenvalue weighted by Crippen LogP contribution is 2.30. The van der Waals surface area contributed by atoms with Crippen molar-refractivity contribution < 1.29 is 9.53 Å². The number of hydrogen-bond acceptors (Lipinski definition) is 4. The van der Waals surface area contributed by atoms with Crippen LogP contribution in [0, 0.1) is 11.3 Å². The number of carbonyl (C=O) groups excluding carboxylic acids is 1. The van der Waals surface area contributed by atoms with E-state index in [2.05, 4.69) is 0 Å². The Labute approximate surface area is 96.2 Å². The van der Waals surface area contributed by atoms with Gasteiger partial charge in [0.15, 0.2) is 0 Å². The summed E-state index contributed by atoms with van der Waals surface area (Å²) in [6.07, 6.45) is 2.86. The molecule has 0 aromatic heterocycles. The molecule has 0 radical (unpaired) electrons. The molecule has 0 spiro atoms. The lowest BCUT2D eigenvalue weighted by Gasteiger charge is -2.40. The maximum atomic E-state index is 12.1. The molecule has 0 aromatic carbocycles. The molecule has 5 heteroatoms. The number of methoxy groups -OCH3 is 1. The van der Waals surface area contributed by atoms with Crippen LogP contribution < -0.4 is 5.73 Å². The highest BCUT2D eigenvalue weighted by Gasteiger charge is 2.42. The number of amides is 1. The topological polar surface area (TPSA) is 79.3 Å². The summed E-state index contributed by atoms with van der Waals surface area (Å²) in [5, 5.41) is 8.55. The van der Waals surface area contributed by atoms with Crippen molar-refractivity contribution in [3.05, 3.63) is 0 Å². The SMILES string of the molecule is COCCN(CCC#N)C(=O)C1(N)CCC1. The predicted molar refractivity (Wildman–Crippen MR) is 59.5 cm³/mol. The maximum Gasteiger partial charge on any atom is 0.242 e. The van der Waals surface area contributed by atoms with Crippen molar-refractivity contribution in [2.75, 3.05) is 26.8 Å². The molecule has 1 aliphatic rings. The van der Waals surface area contributed by atoms with Crippen LogP contribution in [0.15, 0.2) is 0 Å². The van der Waals surface area contributed by atoms with Gasteiger partial charge in [-0.25, -0.2) is 0 Å². The van der Waals surface area contributed by atoms with Crippen LogP contribution in [0.25, 0.3) is 0 Å². The van der Waals surface area contributed by atoms with Gasteiger partial charge in [0.2, 0.25) is 5.91 Å². The van der Waals surface area contributed by atoms with Gasteiger partial charge in [0.05, 0.1) is 24.6 Å². The van der Waals surface area contributed by atoms with Crippen molar-refractivity contribution in [2.45, 2.75) is 31.2 Å². The summed E-state index contributed by atoms with van der Waals surface area (Å²) in [5.74, 6) is -0.0361. The summed E-state index contributed by atoms with van der Waals surface area (Å²) in [7, 11) is 1.59. The third-order valence-electron chi connectivity index (χ3n) is 3.02. The molecule has 0 aromatic rings. The molecule has 0 unspecified atom stereocenters. The molecule has 0 saturated heterocycles. The van der Waals surface area contributed by atoms with Crippen LogP contribution in [0.3, 0.4) is 0 Å². The van der Waals surface area contributed by atoms with Crippen LogP contribution in [-0.2, 0) is 9.53 Å². The summed E-state index contributed by atoms with van der Waals surface area (Å²) in [6.45, 7) is 1.43. The molecule has 1 amide bonds. The number of hydrogen-bond donors (Lipinski definition) is 1. The molecule has 0 atom stereocenters. The number of rotatable bonds is 6. The average Bonchev–Trinajstić information content (AvgIpc) is 2.25. The second kappa shape index (κ2) is 5.83. The average molecular weight is 225 g/mol. The Balaban J connectivity index is 2.53. The largest absolute Gasteiger partial charge is 0.383 e. The number of carbonyl (C=O) groups is 1. The second-order valence-electron chi connectivity index (χ2n) is 4.20. The maximum absolute atomic E-state index is 12.1. The Morgan fingerprint density at radius 2 is 2.25 bits per heavy atom. The van der Waals surface area contributed by atoms with Gasteiger partial charge in [-0.15, -0.1) is 0 Å². The van der Waals surface area contributed by atoms with Gasteiger partial charge >= 0.3 is 0 Å². The molecule has 0 heterocycles. The van der Waals surface area contributed by atoms with E-state index in [9.17, 15) is 4.79 Å². The third-order valence-corrected chi connectivity index (χ3v) is 3.02. The van der Waals surface area contributed by atoms with Crippen LogP contribution in [0.1, 0.15) is 25.7 Å². The van der Waals surface area contributed by atoms with Crippen LogP contribution in [0.2, 0.25) is 0 Å². The van der Waals surface area contributed by atoms with Crippen molar-refractivity contribution in [1.82, 2.24) is 4.90 Å². The monoisotopic (exact) mass is 225 g/mol. The van der Waals surface area contributed by atoms with E-state index < -0.39 is 5.54 Å². The van der Waals surface area contributed by atoms with Crippen LogP contribution >= 0.6 is 0 Å². The minimum atomic E-state index is -0.677. The summed E-state index contributed by atoms with van der Waals surface area (Å²) in [6, 6.07) is 2.04. The smallest absolute Gasteiger partial charge is 0.242 e. The summed E-state index contributed by atoms with van der Waals surface area (Å²) in [5.41, 5.74) is 5.30. The standard InChI is InChI=1S/C11H19N3O2/c1-16-9-8-14(7-3-6-12)10(15)11(13)4-2-5-11/h2-5,7-9,13H2,1H3. The molecular formula is C11H19N3O2. The first-order chi connectivity index (χ1) is 7.64. The molecule has 0 aliphatic heterocycles. The zero-order valence-corrected chi connectivity index (χ0v) is 9.74. The molecular weight excluding hydrogens is 206 g/mol. The van der Waals surface area contributed by atoms with Crippen molar-refractivity contribution in [3.63, 3.8) is 0 Å². The molecule has 0 bridgehead atoms. The highest BCUT2D eigenvalue weighted by atomic mass is 16.5. The normalized spacial score (nSPS) is 17.3. The zero-order chi connectivity index (χ0) is 12.0. The van der Waals surface area contributed by atoms with Gasteiger partial charge in [-0.3, -0.25) is 4.79 Å². The number of nitriles is 1. The van der Waals surface area contributed by atoms with Gasteiger partial charge in [-0.2, -0.15) is 5.26 Å². The zero-order valence-electron chi connectivity index (χ0n) is 9.74. The van der Waals surface area contributed by atoms with Crippen LogP contribution in [0.5, 0.6) is 0 Å². The number of nitrogens with two attached hydrogens (primary N) is 1. The second-order valence-corrected chi connectivity index (χ2v) is 4.20. The van der Waals surface area contributed by atoms with Crippen molar-refractivity contribution in [2.24, 2.45) is 5.73 Å². The van der Waals surface area contributed by atoms with E-state index in [0.29, 0.717) is 26.1 Å². The molecule has 1 aliphatic carbocycles. The van der Waals surface area contributed by atoms with Crippen LogP contribution in [0.4, 0.5) is 0 Å². The molecule has 1 fully saturated rings. The Morgan fingerprint density at radius 1 is 1.56 bits per heavy atom. The van der Waals surface area contributed by atoms with Gasteiger partial charge in [-0.1, -0.05) is 0 Å². The Hall–Kier alpha value is -1.12. The summed E-state index contributed by atoms with van der Waals surface area (Å²) in [4.78, 5) is 13.7. The fourth-order valence-corrected chi connectivity index (χ4v) is 1.79. The molecule has 90 valence electrons. The number of nitrogens with zero attached hydrogens (tertiary/aromatic N) is 2. The molecule has 1 rings (SSSR count). The molecule has 16 heavy (non-hydrogen) atoms. The van der Waals surface area contributed by atoms with E-state index in [1.54, 1.807) is 12.0 Å². The highest BCUT2D eigenvalue weighted by molar-refractivity contribution is 5.87. The van der Waals surface area contributed by atoms with Gasteiger partial charge in [-0.05, 0) is 19.3 Å². The van der Waals surface area contributed by atoms with Crippen molar-refractivity contribution in [3.8, 4) is 6.07 Å². The third kappa shape index (κ3) is 2.94. The van der Waals surface area contributed by atoms with E-state index in [-0.39, 0.29) is 5.91 Å². The Kier molecular flexibility index (Phi) is 4.71. The lowest BCUT2D eigenvalue weighted by molar-refractivity contribution is -0.140. The first kappa shape index (κ1) is 12.9. The van der Waals surface area contributed by atoms with Crippen molar-refractivity contribution in [1.29, 1.82) is 5.26 Å². The fourth-order valence-electron chi connectivity index (χ4n) is 1.79. The van der Waals surface area contributed by atoms with Gasteiger partial charge in [0.25, 0.3) is 0 Å². The minimum absolute atomic E-state index is 0.0361.